The molecule has 1 N–H and O–H groups in total. The first-order chi connectivity index (χ1) is 11.7. The van der Waals surface area contributed by atoms with E-state index in [9.17, 15) is 0 Å². The quantitative estimate of drug-likeness (QED) is 0.821. The van der Waals surface area contributed by atoms with Crippen molar-refractivity contribution < 1.29 is 4.74 Å². The maximum absolute atomic E-state index is 5.56. The molecule has 0 saturated carbocycles. The maximum atomic E-state index is 5.56. The van der Waals surface area contributed by atoms with Crippen LogP contribution in [0.15, 0.2) is 41.1 Å². The molecule has 24 heavy (non-hydrogen) atoms. The van der Waals surface area contributed by atoms with E-state index in [0.29, 0.717) is 6.61 Å². The van der Waals surface area contributed by atoms with Gasteiger partial charge in [0.25, 0.3) is 0 Å². The van der Waals surface area contributed by atoms with Crippen molar-refractivity contribution >= 4 is 34.4 Å². The van der Waals surface area contributed by atoms with Crippen molar-refractivity contribution in [2.75, 3.05) is 38.1 Å². The molecule has 0 atom stereocenters. The van der Waals surface area contributed by atoms with Crippen molar-refractivity contribution in [1.82, 2.24) is 9.80 Å². The van der Waals surface area contributed by atoms with Gasteiger partial charge in [-0.2, -0.15) is 11.3 Å². The van der Waals surface area contributed by atoms with Gasteiger partial charge in [-0.1, -0.05) is 0 Å². The first-order valence-electron chi connectivity index (χ1n) is 8.27. The van der Waals surface area contributed by atoms with Crippen molar-refractivity contribution in [3.8, 4) is 5.75 Å². The van der Waals surface area contributed by atoms with Gasteiger partial charge in [-0.25, -0.2) is 0 Å². The van der Waals surface area contributed by atoms with E-state index >= 15 is 0 Å². The fraction of sp³-hybridized carbons (Fsp3) is 0.389. The number of rotatable bonds is 5. The third-order valence-corrected chi connectivity index (χ3v) is 5.15. The zero-order valence-electron chi connectivity index (χ0n) is 13.9. The topological polar surface area (TPSA) is 27.7 Å². The molecule has 4 nitrogen and oxygen atoms in total. The lowest BCUT2D eigenvalue weighted by molar-refractivity contribution is 0.177. The van der Waals surface area contributed by atoms with E-state index in [1.807, 2.05) is 31.2 Å². The van der Waals surface area contributed by atoms with Crippen LogP contribution in [0.25, 0.3) is 0 Å². The van der Waals surface area contributed by atoms with Crippen LogP contribution in [0.4, 0.5) is 5.69 Å². The SMILES string of the molecule is CCOc1ccc(NC(=S)N2CCN(Cc3ccsc3)CC2)cc1. The normalized spacial score (nSPS) is 15.3. The Labute approximate surface area is 153 Å². The monoisotopic (exact) mass is 361 g/mol. The third kappa shape index (κ3) is 4.69. The molecule has 2 aromatic rings. The highest BCUT2D eigenvalue weighted by molar-refractivity contribution is 7.80. The van der Waals surface area contributed by atoms with Crippen LogP contribution >= 0.6 is 23.6 Å². The lowest BCUT2D eigenvalue weighted by Crippen LogP contribution is -2.49. The summed E-state index contributed by atoms with van der Waals surface area (Å²) in [5.74, 6) is 0.885. The standard InChI is InChI=1S/C18H23N3OS2/c1-2-22-17-5-3-16(4-6-17)19-18(23)21-10-8-20(9-11-21)13-15-7-12-24-14-15/h3-7,12,14H,2,8-11,13H2,1H3,(H,19,23). The number of ether oxygens (including phenoxy) is 1. The summed E-state index contributed by atoms with van der Waals surface area (Å²) in [6, 6.07) is 10.1. The van der Waals surface area contributed by atoms with Crippen LogP contribution in [0.3, 0.4) is 0 Å². The van der Waals surface area contributed by atoms with Crippen LogP contribution in [0.5, 0.6) is 5.75 Å². The van der Waals surface area contributed by atoms with E-state index in [1.165, 1.54) is 5.56 Å². The van der Waals surface area contributed by atoms with E-state index in [1.54, 1.807) is 11.3 Å². The predicted octanol–water partition coefficient (Wildman–Crippen LogP) is 3.66. The van der Waals surface area contributed by atoms with Crippen molar-refractivity contribution in [3.05, 3.63) is 46.7 Å². The zero-order valence-corrected chi connectivity index (χ0v) is 15.5. The van der Waals surface area contributed by atoms with E-state index in [-0.39, 0.29) is 0 Å². The van der Waals surface area contributed by atoms with E-state index < -0.39 is 0 Å². The van der Waals surface area contributed by atoms with Crippen LogP contribution in [0.1, 0.15) is 12.5 Å². The zero-order chi connectivity index (χ0) is 16.8. The highest BCUT2D eigenvalue weighted by atomic mass is 32.1. The minimum absolute atomic E-state index is 0.681. The Morgan fingerprint density at radius 1 is 1.17 bits per heavy atom. The maximum Gasteiger partial charge on any atom is 0.173 e. The average molecular weight is 362 g/mol. The molecule has 2 heterocycles. The minimum atomic E-state index is 0.681. The molecule has 1 aliphatic heterocycles. The fourth-order valence-electron chi connectivity index (χ4n) is 2.75. The molecule has 1 saturated heterocycles. The molecule has 1 aromatic carbocycles. The predicted molar refractivity (Wildman–Crippen MR) is 105 cm³/mol. The molecule has 0 spiro atoms. The van der Waals surface area contributed by atoms with Gasteiger partial charge in [-0.3, -0.25) is 4.90 Å². The van der Waals surface area contributed by atoms with Gasteiger partial charge in [0.1, 0.15) is 5.75 Å². The van der Waals surface area contributed by atoms with Crippen LogP contribution in [0, 0.1) is 0 Å². The van der Waals surface area contributed by atoms with E-state index in [0.717, 1.165) is 49.3 Å². The summed E-state index contributed by atoms with van der Waals surface area (Å²) in [6.07, 6.45) is 0. The van der Waals surface area contributed by atoms with E-state index in [2.05, 4.69) is 31.9 Å². The number of thiophene rings is 1. The molecule has 0 bridgehead atoms. The van der Waals surface area contributed by atoms with Gasteiger partial charge in [0.15, 0.2) is 5.11 Å². The molecular weight excluding hydrogens is 338 g/mol. The highest BCUT2D eigenvalue weighted by Gasteiger charge is 2.19. The molecule has 3 rings (SSSR count). The third-order valence-electron chi connectivity index (χ3n) is 4.06. The van der Waals surface area contributed by atoms with E-state index in [4.69, 9.17) is 17.0 Å². The Kier molecular flexibility index (Phi) is 6.07. The molecule has 6 heteroatoms. The molecular formula is C18H23N3OS2. The Morgan fingerprint density at radius 2 is 1.92 bits per heavy atom. The van der Waals surface area contributed by atoms with Crippen molar-refractivity contribution in [2.24, 2.45) is 0 Å². The van der Waals surface area contributed by atoms with Crippen molar-refractivity contribution in [3.63, 3.8) is 0 Å². The molecule has 0 aliphatic carbocycles. The molecule has 1 fully saturated rings. The number of hydrogen-bond acceptors (Lipinski definition) is 4. The largest absolute Gasteiger partial charge is 0.494 e. The number of hydrogen-bond donors (Lipinski definition) is 1. The second-order valence-electron chi connectivity index (χ2n) is 5.78. The summed E-state index contributed by atoms with van der Waals surface area (Å²) in [5.41, 5.74) is 2.41. The Bertz CT molecular complexity index is 635. The summed E-state index contributed by atoms with van der Waals surface area (Å²) in [4.78, 5) is 4.73. The summed E-state index contributed by atoms with van der Waals surface area (Å²) >= 11 is 7.32. The molecule has 1 aliphatic rings. The van der Waals surface area contributed by atoms with Crippen LogP contribution in [-0.2, 0) is 6.54 Å². The Balaban J connectivity index is 1.46. The Hall–Kier alpha value is -1.63. The van der Waals surface area contributed by atoms with Crippen LogP contribution in [0.2, 0.25) is 0 Å². The lowest BCUT2D eigenvalue weighted by Gasteiger charge is -2.36. The van der Waals surface area contributed by atoms with Gasteiger partial charge >= 0.3 is 0 Å². The first kappa shape index (κ1) is 17.2. The number of thiocarbonyl (C=S) groups is 1. The summed E-state index contributed by atoms with van der Waals surface area (Å²) in [5, 5.41) is 8.49. The summed E-state index contributed by atoms with van der Waals surface area (Å²) < 4.78 is 5.46. The number of benzene rings is 1. The Morgan fingerprint density at radius 3 is 2.54 bits per heavy atom. The molecule has 1 aromatic heterocycles. The molecule has 128 valence electrons. The minimum Gasteiger partial charge on any atom is -0.494 e. The molecule has 0 unspecified atom stereocenters. The molecule has 0 amide bonds. The van der Waals surface area contributed by atoms with Gasteiger partial charge in [0.05, 0.1) is 6.61 Å². The van der Waals surface area contributed by atoms with Gasteiger partial charge in [-0.05, 0) is 65.8 Å². The van der Waals surface area contributed by atoms with Gasteiger partial charge in [0.2, 0.25) is 0 Å². The average Bonchev–Trinajstić information content (AvgIpc) is 3.10. The fourth-order valence-corrected chi connectivity index (χ4v) is 3.71. The van der Waals surface area contributed by atoms with Gasteiger partial charge < -0.3 is 15.0 Å². The number of piperazine rings is 1. The lowest BCUT2D eigenvalue weighted by atomic mass is 10.2. The van der Waals surface area contributed by atoms with Crippen LogP contribution in [-0.4, -0.2) is 47.7 Å². The van der Waals surface area contributed by atoms with Crippen molar-refractivity contribution in [2.45, 2.75) is 13.5 Å². The van der Waals surface area contributed by atoms with Crippen molar-refractivity contribution in [1.29, 1.82) is 0 Å². The second-order valence-corrected chi connectivity index (χ2v) is 6.95. The van der Waals surface area contributed by atoms with Gasteiger partial charge in [-0.15, -0.1) is 0 Å². The number of nitrogens with zero attached hydrogens (tertiary/aromatic N) is 2. The smallest absolute Gasteiger partial charge is 0.173 e. The molecule has 0 radical (unpaired) electrons. The summed E-state index contributed by atoms with van der Waals surface area (Å²) in [6.45, 7) is 7.72. The number of nitrogens with one attached hydrogen (secondary N) is 1. The van der Waals surface area contributed by atoms with Gasteiger partial charge in [0, 0.05) is 38.4 Å². The summed E-state index contributed by atoms with van der Waals surface area (Å²) in [7, 11) is 0. The number of anilines is 1. The van der Waals surface area contributed by atoms with Crippen LogP contribution < -0.4 is 10.1 Å². The second kappa shape index (κ2) is 8.46. The highest BCUT2D eigenvalue weighted by Crippen LogP contribution is 2.17. The first-order valence-corrected chi connectivity index (χ1v) is 9.62.